The van der Waals surface area contributed by atoms with E-state index in [1.807, 2.05) is 0 Å². The first-order valence-electron chi connectivity index (χ1n) is 5.79. The first kappa shape index (κ1) is 12.7. The summed E-state index contributed by atoms with van der Waals surface area (Å²) in [5.41, 5.74) is 5.43. The molecule has 3 aliphatic carbocycles. The number of nitrogens with two attached hydrogens (primary N) is 1. The van der Waals surface area contributed by atoms with Gasteiger partial charge < -0.3 is 15.8 Å². The highest BCUT2D eigenvalue weighted by Gasteiger charge is 2.53. The predicted molar refractivity (Wildman–Crippen MR) is 66.3 cm³/mol. The number of hydrogen-bond acceptors (Lipinski definition) is 3. The summed E-state index contributed by atoms with van der Waals surface area (Å²) in [4.78, 5) is 14.3. The van der Waals surface area contributed by atoms with Crippen LogP contribution in [0.4, 0.5) is 0 Å². The number of hydrogen-bond donors (Lipinski definition) is 3. The van der Waals surface area contributed by atoms with Crippen molar-refractivity contribution < 1.29 is 5.11 Å². The van der Waals surface area contributed by atoms with Crippen molar-refractivity contribution in [3.63, 3.8) is 0 Å². The van der Waals surface area contributed by atoms with E-state index in [9.17, 15) is 9.90 Å². The third-order valence-electron chi connectivity index (χ3n) is 4.51. The van der Waals surface area contributed by atoms with Crippen LogP contribution in [0.3, 0.4) is 0 Å². The largest absolute Gasteiger partial charge is 0.391 e. The highest BCUT2D eigenvalue weighted by Crippen LogP contribution is 2.49. The average Bonchev–Trinajstić information content (AvgIpc) is 2.68. The van der Waals surface area contributed by atoms with Gasteiger partial charge in [0.1, 0.15) is 0 Å². The lowest BCUT2D eigenvalue weighted by atomic mass is 9.60. The van der Waals surface area contributed by atoms with Crippen LogP contribution in [-0.4, -0.2) is 26.3 Å². The molecule has 3 saturated carbocycles. The van der Waals surface area contributed by atoms with Gasteiger partial charge in [-0.3, -0.25) is 4.57 Å². The lowest BCUT2D eigenvalue weighted by molar-refractivity contribution is -0.0619. The number of aromatic amines is 1. The van der Waals surface area contributed by atoms with E-state index in [4.69, 9.17) is 5.73 Å². The molecule has 2 bridgehead atoms. The third-order valence-corrected chi connectivity index (χ3v) is 4.51. The molecule has 17 heavy (non-hydrogen) atoms. The molecule has 1 aromatic rings. The monoisotopic (exact) mass is 259 g/mol. The molecule has 0 aromatic carbocycles. The topological polar surface area (TPSA) is 84.0 Å². The molecule has 0 saturated heterocycles. The Balaban J connectivity index is 0.00000108. The second-order valence-electron chi connectivity index (χ2n) is 5.31. The van der Waals surface area contributed by atoms with Gasteiger partial charge in [-0.25, -0.2) is 4.79 Å². The van der Waals surface area contributed by atoms with Crippen molar-refractivity contribution in [2.24, 2.45) is 5.73 Å². The smallest absolute Gasteiger partial charge is 0.325 e. The molecule has 0 amide bonds. The van der Waals surface area contributed by atoms with Gasteiger partial charge in [-0.2, -0.15) is 0 Å². The molecule has 3 fully saturated rings. The maximum atomic E-state index is 11.7. The van der Waals surface area contributed by atoms with Gasteiger partial charge in [-0.15, -0.1) is 12.4 Å². The van der Waals surface area contributed by atoms with Crippen molar-refractivity contribution >= 4 is 12.4 Å². The molecular weight excluding hydrogens is 242 g/mol. The molecule has 4 N–H and O–H groups in total. The first-order valence-corrected chi connectivity index (χ1v) is 5.79. The molecule has 5 nitrogen and oxygen atoms in total. The van der Waals surface area contributed by atoms with Gasteiger partial charge in [-0.1, -0.05) is 0 Å². The van der Waals surface area contributed by atoms with Gasteiger partial charge in [0, 0.05) is 17.9 Å². The van der Waals surface area contributed by atoms with Crippen molar-refractivity contribution in [1.29, 1.82) is 0 Å². The van der Waals surface area contributed by atoms with Crippen LogP contribution < -0.4 is 11.4 Å². The Kier molecular flexibility index (Phi) is 2.88. The van der Waals surface area contributed by atoms with Gasteiger partial charge in [0.15, 0.2) is 0 Å². The lowest BCUT2D eigenvalue weighted by Gasteiger charge is -2.54. The fourth-order valence-electron chi connectivity index (χ4n) is 3.31. The van der Waals surface area contributed by atoms with E-state index in [1.165, 1.54) is 0 Å². The predicted octanol–water partition coefficient (Wildman–Crippen LogP) is 0.330. The number of aliphatic hydroxyl groups excluding tert-OH is 1. The van der Waals surface area contributed by atoms with Crippen LogP contribution in [0.15, 0.2) is 17.2 Å². The van der Waals surface area contributed by atoms with Gasteiger partial charge in [0.05, 0.1) is 11.6 Å². The summed E-state index contributed by atoms with van der Waals surface area (Å²) in [7, 11) is 0. The summed E-state index contributed by atoms with van der Waals surface area (Å²) in [6.45, 7) is 0. The Morgan fingerprint density at radius 1 is 1.41 bits per heavy atom. The minimum atomic E-state index is -0.489. The molecule has 1 heterocycles. The van der Waals surface area contributed by atoms with Crippen LogP contribution in [0.25, 0.3) is 0 Å². The van der Waals surface area contributed by atoms with Crippen molar-refractivity contribution in [3.8, 4) is 0 Å². The third kappa shape index (κ3) is 1.64. The lowest BCUT2D eigenvalue weighted by Crippen LogP contribution is -2.64. The van der Waals surface area contributed by atoms with Gasteiger partial charge in [0.2, 0.25) is 0 Å². The SMILES string of the molecule is Cl.NC12CCC(n3cc[nH]c3=O)(CC1)CC2O. The first-order chi connectivity index (χ1) is 7.56. The molecule has 4 rings (SSSR count). The summed E-state index contributed by atoms with van der Waals surface area (Å²) in [5.74, 6) is 0. The zero-order chi connectivity index (χ0) is 11.4. The number of rotatable bonds is 1. The van der Waals surface area contributed by atoms with Crippen LogP contribution in [0.2, 0.25) is 0 Å². The van der Waals surface area contributed by atoms with Gasteiger partial charge >= 0.3 is 5.69 Å². The quantitative estimate of drug-likeness (QED) is 0.680. The molecule has 1 atom stereocenters. The molecule has 3 aliphatic rings. The Hall–Kier alpha value is -0.780. The van der Waals surface area contributed by atoms with Crippen LogP contribution in [0.5, 0.6) is 0 Å². The molecule has 96 valence electrons. The van der Waals surface area contributed by atoms with E-state index in [2.05, 4.69) is 4.98 Å². The zero-order valence-electron chi connectivity index (χ0n) is 9.56. The number of aromatic nitrogens is 2. The highest BCUT2D eigenvalue weighted by atomic mass is 35.5. The maximum Gasteiger partial charge on any atom is 0.325 e. The summed E-state index contributed by atoms with van der Waals surface area (Å²) < 4.78 is 1.74. The number of nitrogens with zero attached hydrogens (tertiary/aromatic N) is 1. The van der Waals surface area contributed by atoms with Crippen molar-refractivity contribution in [3.05, 3.63) is 22.9 Å². The van der Waals surface area contributed by atoms with E-state index in [1.54, 1.807) is 17.0 Å². The standard InChI is InChI=1S/C11H17N3O2.ClH/c12-11-3-1-10(2-4-11,7-8(11)15)14-6-5-13-9(14)16;/h5-6,8,15H,1-4,7,12H2,(H,13,16);1H. The molecule has 1 aromatic heterocycles. The second kappa shape index (κ2) is 3.86. The number of H-pyrrole nitrogens is 1. The summed E-state index contributed by atoms with van der Waals surface area (Å²) in [6, 6.07) is 0. The fraction of sp³-hybridized carbons (Fsp3) is 0.727. The average molecular weight is 260 g/mol. The van der Waals surface area contributed by atoms with E-state index in [-0.39, 0.29) is 23.6 Å². The minimum absolute atomic E-state index is 0. The van der Waals surface area contributed by atoms with E-state index in [0.29, 0.717) is 6.42 Å². The molecule has 0 aliphatic heterocycles. The van der Waals surface area contributed by atoms with Gasteiger partial charge in [0.25, 0.3) is 0 Å². The normalized spacial score (nSPS) is 40.0. The summed E-state index contributed by atoms with van der Waals surface area (Å²) >= 11 is 0. The van der Waals surface area contributed by atoms with Crippen LogP contribution in [0.1, 0.15) is 32.1 Å². The summed E-state index contributed by atoms with van der Waals surface area (Å²) in [6.07, 6.45) is 6.92. The molecule has 0 spiro atoms. The minimum Gasteiger partial charge on any atom is -0.391 e. The molecular formula is C11H18ClN3O2. The van der Waals surface area contributed by atoms with Gasteiger partial charge in [-0.05, 0) is 32.1 Å². The van der Waals surface area contributed by atoms with Crippen molar-refractivity contribution in [2.75, 3.05) is 0 Å². The van der Waals surface area contributed by atoms with Crippen LogP contribution >= 0.6 is 12.4 Å². The van der Waals surface area contributed by atoms with Crippen LogP contribution in [-0.2, 0) is 5.54 Å². The number of imidazole rings is 1. The highest BCUT2D eigenvalue weighted by molar-refractivity contribution is 5.85. The zero-order valence-corrected chi connectivity index (χ0v) is 10.4. The Bertz CT molecular complexity index is 459. The van der Waals surface area contributed by atoms with E-state index >= 15 is 0 Å². The number of fused-ring (bicyclic) bond motifs is 3. The fourth-order valence-corrected chi connectivity index (χ4v) is 3.31. The summed E-state index contributed by atoms with van der Waals surface area (Å²) in [5, 5.41) is 10.1. The van der Waals surface area contributed by atoms with Crippen LogP contribution in [0, 0.1) is 0 Å². The molecule has 6 heteroatoms. The Morgan fingerprint density at radius 3 is 2.53 bits per heavy atom. The van der Waals surface area contributed by atoms with E-state index < -0.39 is 11.6 Å². The second-order valence-corrected chi connectivity index (χ2v) is 5.31. The number of halogens is 1. The van der Waals surface area contributed by atoms with E-state index in [0.717, 1.165) is 25.7 Å². The molecule has 0 radical (unpaired) electrons. The molecule has 1 unspecified atom stereocenters. The van der Waals surface area contributed by atoms with Crippen molar-refractivity contribution in [2.45, 2.75) is 49.3 Å². The Morgan fingerprint density at radius 2 is 2.06 bits per heavy atom. The number of aliphatic hydroxyl groups is 1. The van der Waals surface area contributed by atoms with Crippen molar-refractivity contribution in [1.82, 2.24) is 9.55 Å². The number of nitrogens with one attached hydrogen (secondary N) is 1. The Labute approximate surface area is 105 Å². The maximum absolute atomic E-state index is 11.7.